The highest BCUT2D eigenvalue weighted by Crippen LogP contribution is 2.28. The molecule has 1 aromatic carbocycles. The molecule has 2 N–H and O–H groups in total. The summed E-state index contributed by atoms with van der Waals surface area (Å²) < 4.78 is 4.52. The van der Waals surface area contributed by atoms with Gasteiger partial charge < -0.3 is 15.2 Å². The van der Waals surface area contributed by atoms with Gasteiger partial charge in [-0.2, -0.15) is 0 Å². The Kier molecular flexibility index (Phi) is 5.01. The summed E-state index contributed by atoms with van der Waals surface area (Å²) >= 11 is 5.95. The summed E-state index contributed by atoms with van der Waals surface area (Å²) in [6.07, 6.45) is 1.60. The third kappa shape index (κ3) is 3.77. The van der Waals surface area contributed by atoms with Crippen LogP contribution in [0.1, 0.15) is 5.69 Å². The lowest BCUT2D eigenvalue weighted by Gasteiger charge is -2.11. The summed E-state index contributed by atoms with van der Waals surface area (Å²) in [5, 5.41) is 13.5. The molecule has 5 nitrogen and oxygen atoms in total. The number of ether oxygens (including phenoxy) is 1. The largest absolute Gasteiger partial charge is 0.506 e. The van der Waals surface area contributed by atoms with Gasteiger partial charge in [0.2, 0.25) is 0 Å². The van der Waals surface area contributed by atoms with Crippen molar-refractivity contribution < 1.29 is 14.6 Å². The number of rotatable bonds is 5. The van der Waals surface area contributed by atoms with Gasteiger partial charge in [-0.1, -0.05) is 30.3 Å². The van der Waals surface area contributed by atoms with Gasteiger partial charge in [-0.15, -0.1) is 0 Å². The minimum atomic E-state index is -0.434. The molecule has 1 aromatic heterocycles. The SMILES string of the molecule is C=C(NCC(=O)OC)c1ncc(-c2cccc(Cl)c2)cc1O. The Morgan fingerprint density at radius 1 is 1.41 bits per heavy atom. The van der Waals surface area contributed by atoms with E-state index in [9.17, 15) is 9.90 Å². The average molecular weight is 319 g/mol. The molecule has 0 spiro atoms. The Hall–Kier alpha value is -2.53. The second-order valence-corrected chi connectivity index (χ2v) is 4.95. The van der Waals surface area contributed by atoms with Crippen molar-refractivity contribution in [2.24, 2.45) is 0 Å². The summed E-state index contributed by atoms with van der Waals surface area (Å²) in [4.78, 5) is 15.3. The number of aromatic hydroxyl groups is 1. The molecule has 0 fully saturated rings. The zero-order valence-corrected chi connectivity index (χ0v) is 12.7. The van der Waals surface area contributed by atoms with Crippen molar-refractivity contribution >= 4 is 23.3 Å². The van der Waals surface area contributed by atoms with E-state index in [1.807, 2.05) is 12.1 Å². The third-order valence-electron chi connectivity index (χ3n) is 2.99. The quantitative estimate of drug-likeness (QED) is 0.829. The molecule has 22 heavy (non-hydrogen) atoms. The molecular formula is C16H15ClN2O3. The van der Waals surface area contributed by atoms with E-state index in [1.54, 1.807) is 24.4 Å². The average Bonchev–Trinajstić information content (AvgIpc) is 2.52. The molecule has 2 aromatic rings. The van der Waals surface area contributed by atoms with Crippen LogP contribution >= 0.6 is 11.6 Å². The van der Waals surface area contributed by atoms with Gasteiger partial charge in [0.15, 0.2) is 0 Å². The molecule has 0 aliphatic heterocycles. The normalized spacial score (nSPS) is 10.1. The number of hydrogen-bond donors (Lipinski definition) is 2. The lowest BCUT2D eigenvalue weighted by atomic mass is 10.1. The molecule has 0 saturated carbocycles. The molecule has 1 heterocycles. The molecular weight excluding hydrogens is 304 g/mol. The van der Waals surface area contributed by atoms with E-state index in [2.05, 4.69) is 21.6 Å². The summed E-state index contributed by atoms with van der Waals surface area (Å²) in [6.45, 7) is 3.70. The van der Waals surface area contributed by atoms with Crippen LogP contribution in [0.15, 0.2) is 43.1 Å². The molecule has 0 atom stereocenters. The first-order chi connectivity index (χ1) is 10.5. The van der Waals surface area contributed by atoms with Gasteiger partial charge in [0, 0.05) is 16.8 Å². The minimum Gasteiger partial charge on any atom is -0.506 e. The number of esters is 1. The Morgan fingerprint density at radius 3 is 2.82 bits per heavy atom. The van der Waals surface area contributed by atoms with Gasteiger partial charge in [0.25, 0.3) is 0 Å². The van der Waals surface area contributed by atoms with Crippen molar-refractivity contribution in [1.29, 1.82) is 0 Å². The zero-order chi connectivity index (χ0) is 16.1. The molecule has 0 aliphatic carbocycles. The van der Waals surface area contributed by atoms with Gasteiger partial charge in [-0.25, -0.2) is 0 Å². The van der Waals surface area contributed by atoms with Crippen LogP contribution < -0.4 is 5.32 Å². The maximum atomic E-state index is 11.1. The van der Waals surface area contributed by atoms with Crippen LogP contribution in [0, 0.1) is 0 Å². The van der Waals surface area contributed by atoms with Crippen molar-refractivity contribution in [2.75, 3.05) is 13.7 Å². The summed E-state index contributed by atoms with van der Waals surface area (Å²) in [7, 11) is 1.29. The number of aromatic nitrogens is 1. The van der Waals surface area contributed by atoms with Gasteiger partial charge in [-0.05, 0) is 23.8 Å². The van der Waals surface area contributed by atoms with E-state index in [0.717, 1.165) is 11.1 Å². The summed E-state index contributed by atoms with van der Waals surface area (Å²) in [6, 6.07) is 8.80. The topological polar surface area (TPSA) is 71.5 Å². The molecule has 0 unspecified atom stereocenters. The predicted octanol–water partition coefficient (Wildman–Crippen LogP) is 2.84. The number of pyridine rings is 1. The first-order valence-corrected chi connectivity index (χ1v) is 6.84. The van der Waals surface area contributed by atoms with E-state index >= 15 is 0 Å². The molecule has 0 saturated heterocycles. The molecule has 0 radical (unpaired) electrons. The van der Waals surface area contributed by atoms with Crippen molar-refractivity contribution in [1.82, 2.24) is 10.3 Å². The maximum absolute atomic E-state index is 11.1. The number of halogens is 1. The molecule has 6 heteroatoms. The van der Waals surface area contributed by atoms with Gasteiger partial charge in [0.1, 0.15) is 18.0 Å². The van der Waals surface area contributed by atoms with Gasteiger partial charge >= 0.3 is 5.97 Å². The second kappa shape index (κ2) is 6.95. The molecule has 0 aliphatic rings. The second-order valence-electron chi connectivity index (χ2n) is 4.51. The van der Waals surface area contributed by atoms with Crippen molar-refractivity contribution in [3.05, 3.63) is 53.8 Å². The van der Waals surface area contributed by atoms with Crippen molar-refractivity contribution in [2.45, 2.75) is 0 Å². The van der Waals surface area contributed by atoms with E-state index in [4.69, 9.17) is 11.6 Å². The van der Waals surface area contributed by atoms with E-state index in [1.165, 1.54) is 7.11 Å². The third-order valence-corrected chi connectivity index (χ3v) is 3.22. The Bertz CT molecular complexity index is 716. The number of benzene rings is 1. The minimum absolute atomic E-state index is 0.0418. The monoisotopic (exact) mass is 318 g/mol. The standard InChI is InChI=1S/C16H15ClN2O3/c1-10(18-9-15(21)22-2)16-14(20)7-12(8-19-16)11-4-3-5-13(17)6-11/h3-8,18,20H,1,9H2,2H3. The fraction of sp³-hybridized carbons (Fsp3) is 0.125. The van der Waals surface area contributed by atoms with Crippen LogP contribution in [0.2, 0.25) is 5.02 Å². The van der Waals surface area contributed by atoms with Crippen LogP contribution in [0.3, 0.4) is 0 Å². The van der Waals surface area contributed by atoms with Crippen molar-refractivity contribution in [3.63, 3.8) is 0 Å². The fourth-order valence-corrected chi connectivity index (χ4v) is 2.04. The number of nitrogens with one attached hydrogen (secondary N) is 1. The van der Waals surface area contributed by atoms with Gasteiger partial charge in [0.05, 0.1) is 12.8 Å². The summed E-state index contributed by atoms with van der Waals surface area (Å²) in [5.74, 6) is -0.476. The number of methoxy groups -OCH3 is 1. The number of nitrogens with zero attached hydrogens (tertiary/aromatic N) is 1. The van der Waals surface area contributed by atoms with Crippen LogP contribution in [0.25, 0.3) is 16.8 Å². The summed E-state index contributed by atoms with van der Waals surface area (Å²) in [5.41, 5.74) is 2.18. The maximum Gasteiger partial charge on any atom is 0.325 e. The predicted molar refractivity (Wildman–Crippen MR) is 85.4 cm³/mol. The van der Waals surface area contributed by atoms with E-state index in [0.29, 0.717) is 10.7 Å². The molecule has 2 rings (SSSR count). The highest BCUT2D eigenvalue weighted by molar-refractivity contribution is 6.30. The van der Waals surface area contributed by atoms with Crippen LogP contribution in [0.5, 0.6) is 5.75 Å². The number of carbonyl (C=O) groups is 1. The Labute approximate surface area is 133 Å². The first kappa shape index (κ1) is 15.9. The molecule has 0 amide bonds. The van der Waals surface area contributed by atoms with Crippen LogP contribution in [0.4, 0.5) is 0 Å². The van der Waals surface area contributed by atoms with Crippen molar-refractivity contribution in [3.8, 4) is 16.9 Å². The first-order valence-electron chi connectivity index (χ1n) is 6.46. The van der Waals surface area contributed by atoms with Gasteiger partial charge in [-0.3, -0.25) is 9.78 Å². The lowest BCUT2D eigenvalue weighted by Crippen LogP contribution is -2.22. The Balaban J connectivity index is 2.19. The Morgan fingerprint density at radius 2 is 2.18 bits per heavy atom. The molecule has 0 bridgehead atoms. The molecule has 114 valence electrons. The van der Waals surface area contributed by atoms with Crippen LogP contribution in [-0.2, 0) is 9.53 Å². The highest BCUT2D eigenvalue weighted by Gasteiger charge is 2.10. The highest BCUT2D eigenvalue weighted by atomic mass is 35.5. The van der Waals surface area contributed by atoms with E-state index < -0.39 is 5.97 Å². The van der Waals surface area contributed by atoms with E-state index in [-0.39, 0.29) is 18.0 Å². The lowest BCUT2D eigenvalue weighted by molar-refractivity contribution is -0.139. The number of hydrogen-bond acceptors (Lipinski definition) is 5. The zero-order valence-electron chi connectivity index (χ0n) is 12.0. The van der Waals surface area contributed by atoms with Crippen LogP contribution in [-0.4, -0.2) is 29.7 Å². The number of carbonyl (C=O) groups excluding carboxylic acids is 1. The smallest absolute Gasteiger partial charge is 0.325 e. The fourth-order valence-electron chi connectivity index (χ4n) is 1.85.